The van der Waals surface area contributed by atoms with Gasteiger partial charge in [-0.05, 0) is 36.8 Å². The number of hydrogen-bond acceptors (Lipinski definition) is 5. The molecule has 2 amide bonds. The second-order valence-corrected chi connectivity index (χ2v) is 7.26. The van der Waals surface area contributed by atoms with Crippen LogP contribution in [0.15, 0.2) is 54.6 Å². The van der Waals surface area contributed by atoms with Crippen molar-refractivity contribution >= 4 is 11.8 Å². The van der Waals surface area contributed by atoms with Crippen molar-refractivity contribution in [2.24, 2.45) is 0 Å². The van der Waals surface area contributed by atoms with Crippen LogP contribution in [0.4, 0.5) is 0 Å². The van der Waals surface area contributed by atoms with Crippen molar-refractivity contribution in [1.82, 2.24) is 15.1 Å². The molecule has 1 unspecified atom stereocenters. The molecule has 0 saturated carbocycles. The Bertz CT molecular complexity index is 885. The van der Waals surface area contributed by atoms with E-state index in [2.05, 4.69) is 16.3 Å². The number of amides is 2. The van der Waals surface area contributed by atoms with Gasteiger partial charge in [-0.15, -0.1) is 0 Å². The summed E-state index contributed by atoms with van der Waals surface area (Å²) in [6.07, 6.45) is -0.612. The molecule has 7 heteroatoms. The van der Waals surface area contributed by atoms with E-state index < -0.39 is 6.10 Å². The zero-order valence-corrected chi connectivity index (χ0v) is 17.1. The van der Waals surface area contributed by atoms with E-state index in [-0.39, 0.29) is 11.8 Å². The van der Waals surface area contributed by atoms with E-state index in [1.807, 2.05) is 30.3 Å². The van der Waals surface area contributed by atoms with Gasteiger partial charge in [0.15, 0.2) is 6.10 Å². The van der Waals surface area contributed by atoms with Gasteiger partial charge >= 0.3 is 0 Å². The van der Waals surface area contributed by atoms with Gasteiger partial charge in [0.05, 0.1) is 18.2 Å². The Hall–Kier alpha value is -3.37. The lowest BCUT2D eigenvalue weighted by Crippen LogP contribution is -2.53. The minimum Gasteiger partial charge on any atom is -0.481 e. The lowest BCUT2D eigenvalue weighted by molar-refractivity contribution is -0.139. The lowest BCUT2D eigenvalue weighted by Gasteiger charge is -2.35. The Labute approximate surface area is 176 Å². The van der Waals surface area contributed by atoms with E-state index in [0.717, 1.165) is 5.56 Å². The van der Waals surface area contributed by atoms with Gasteiger partial charge in [0.2, 0.25) is 5.91 Å². The highest BCUT2D eigenvalue weighted by Gasteiger charge is 2.26. The number of carbonyl (C=O) groups is 2. The van der Waals surface area contributed by atoms with Crippen molar-refractivity contribution in [1.29, 1.82) is 5.26 Å². The third-order valence-corrected chi connectivity index (χ3v) is 5.03. The molecular formula is C23H26N4O3. The molecule has 1 saturated heterocycles. The molecule has 0 aromatic heterocycles. The van der Waals surface area contributed by atoms with Crippen LogP contribution in [0, 0.1) is 11.3 Å². The predicted molar refractivity (Wildman–Crippen MR) is 113 cm³/mol. The van der Waals surface area contributed by atoms with Gasteiger partial charge < -0.3 is 15.0 Å². The quantitative estimate of drug-likeness (QED) is 0.758. The van der Waals surface area contributed by atoms with Crippen LogP contribution in [0.5, 0.6) is 5.75 Å². The minimum atomic E-state index is -0.612. The number of nitriles is 1. The Balaban J connectivity index is 1.40. The molecule has 0 aliphatic carbocycles. The van der Waals surface area contributed by atoms with Crippen molar-refractivity contribution in [3.05, 3.63) is 65.7 Å². The first-order valence-corrected chi connectivity index (χ1v) is 10.0. The van der Waals surface area contributed by atoms with E-state index >= 15 is 0 Å². The summed E-state index contributed by atoms with van der Waals surface area (Å²) < 4.78 is 5.72. The SMILES string of the molecule is CC(Oc1ccc(C#N)cc1)C(=O)N1CCN(CC(=O)NCc2ccccc2)CC1. The van der Waals surface area contributed by atoms with Crippen molar-refractivity contribution in [3.8, 4) is 11.8 Å². The van der Waals surface area contributed by atoms with Gasteiger partial charge in [-0.2, -0.15) is 5.26 Å². The van der Waals surface area contributed by atoms with Crippen molar-refractivity contribution in [2.75, 3.05) is 32.7 Å². The first-order valence-electron chi connectivity index (χ1n) is 10.0. The Morgan fingerprint density at radius 1 is 1.07 bits per heavy atom. The fraction of sp³-hybridized carbons (Fsp3) is 0.348. The zero-order valence-electron chi connectivity index (χ0n) is 17.1. The molecule has 156 valence electrons. The molecule has 1 heterocycles. The van der Waals surface area contributed by atoms with Crippen LogP contribution >= 0.6 is 0 Å². The number of benzene rings is 2. The molecule has 1 aliphatic heterocycles. The van der Waals surface area contributed by atoms with Crippen molar-refractivity contribution in [2.45, 2.75) is 19.6 Å². The second-order valence-electron chi connectivity index (χ2n) is 7.26. The van der Waals surface area contributed by atoms with Crippen LogP contribution in [0.3, 0.4) is 0 Å². The van der Waals surface area contributed by atoms with Gasteiger partial charge in [-0.3, -0.25) is 14.5 Å². The summed E-state index contributed by atoms with van der Waals surface area (Å²) >= 11 is 0. The van der Waals surface area contributed by atoms with Crippen LogP contribution < -0.4 is 10.1 Å². The maximum absolute atomic E-state index is 12.7. The molecule has 1 fully saturated rings. The molecule has 7 nitrogen and oxygen atoms in total. The molecule has 30 heavy (non-hydrogen) atoms. The van der Waals surface area contributed by atoms with Crippen LogP contribution in [-0.4, -0.2) is 60.4 Å². The molecule has 1 atom stereocenters. The number of nitrogens with zero attached hydrogens (tertiary/aromatic N) is 3. The third kappa shape index (κ3) is 6.06. The van der Waals surface area contributed by atoms with Crippen LogP contribution in [0.1, 0.15) is 18.1 Å². The fourth-order valence-electron chi connectivity index (χ4n) is 3.30. The van der Waals surface area contributed by atoms with E-state index in [9.17, 15) is 9.59 Å². The maximum Gasteiger partial charge on any atom is 0.263 e. The third-order valence-electron chi connectivity index (χ3n) is 5.03. The van der Waals surface area contributed by atoms with Crippen LogP contribution in [0.25, 0.3) is 0 Å². The molecule has 0 radical (unpaired) electrons. The smallest absolute Gasteiger partial charge is 0.263 e. The molecule has 3 rings (SSSR count). The fourth-order valence-corrected chi connectivity index (χ4v) is 3.30. The van der Waals surface area contributed by atoms with E-state index in [4.69, 9.17) is 10.00 Å². The largest absolute Gasteiger partial charge is 0.481 e. The van der Waals surface area contributed by atoms with Gasteiger partial charge in [-0.25, -0.2) is 0 Å². The van der Waals surface area contributed by atoms with Gasteiger partial charge in [0, 0.05) is 32.7 Å². The highest BCUT2D eigenvalue weighted by Crippen LogP contribution is 2.15. The average Bonchev–Trinajstić information content (AvgIpc) is 2.79. The number of ether oxygens (including phenoxy) is 1. The summed E-state index contributed by atoms with van der Waals surface area (Å²) in [5.74, 6) is 0.465. The summed E-state index contributed by atoms with van der Waals surface area (Å²) in [4.78, 5) is 28.7. The topological polar surface area (TPSA) is 85.7 Å². The minimum absolute atomic E-state index is 0.0175. The maximum atomic E-state index is 12.7. The molecule has 0 spiro atoms. The van der Waals surface area contributed by atoms with Gasteiger partial charge in [-0.1, -0.05) is 30.3 Å². The average molecular weight is 406 g/mol. The molecule has 1 aliphatic rings. The number of nitrogens with one attached hydrogen (secondary N) is 1. The molecular weight excluding hydrogens is 380 g/mol. The summed E-state index contributed by atoms with van der Waals surface area (Å²) in [6.45, 7) is 4.98. The standard InChI is InChI=1S/C23H26N4O3/c1-18(30-21-9-7-19(15-24)8-10-21)23(29)27-13-11-26(12-14-27)17-22(28)25-16-20-5-3-2-4-6-20/h2-10,18H,11-14,16-17H2,1H3,(H,25,28). The van der Waals surface area contributed by atoms with Crippen LogP contribution in [0.2, 0.25) is 0 Å². The number of carbonyl (C=O) groups excluding carboxylic acids is 2. The Morgan fingerprint density at radius 2 is 1.73 bits per heavy atom. The highest BCUT2D eigenvalue weighted by molar-refractivity contribution is 5.81. The number of hydrogen-bond donors (Lipinski definition) is 1. The van der Waals surface area contributed by atoms with Crippen LogP contribution in [-0.2, 0) is 16.1 Å². The predicted octanol–water partition coefficient (Wildman–Crippen LogP) is 1.79. The first kappa shape index (κ1) is 21.3. The normalized spacial score (nSPS) is 15.1. The molecule has 2 aromatic carbocycles. The van der Waals surface area contributed by atoms with Gasteiger partial charge in [0.25, 0.3) is 5.91 Å². The second kappa shape index (κ2) is 10.4. The first-order chi connectivity index (χ1) is 14.5. The van der Waals surface area contributed by atoms with E-state index in [1.165, 1.54) is 0 Å². The highest BCUT2D eigenvalue weighted by atomic mass is 16.5. The Morgan fingerprint density at radius 3 is 2.37 bits per heavy atom. The number of rotatable bonds is 7. The summed E-state index contributed by atoms with van der Waals surface area (Å²) in [6, 6.07) is 18.6. The van der Waals surface area contributed by atoms with E-state index in [1.54, 1.807) is 36.1 Å². The summed E-state index contributed by atoms with van der Waals surface area (Å²) in [5, 5.41) is 11.8. The van der Waals surface area contributed by atoms with Crippen molar-refractivity contribution in [3.63, 3.8) is 0 Å². The zero-order chi connectivity index (χ0) is 21.3. The number of piperazine rings is 1. The van der Waals surface area contributed by atoms with Crippen molar-refractivity contribution < 1.29 is 14.3 Å². The molecule has 2 aromatic rings. The lowest BCUT2D eigenvalue weighted by atomic mass is 10.2. The monoisotopic (exact) mass is 406 g/mol. The summed E-state index contributed by atoms with van der Waals surface area (Å²) in [5.41, 5.74) is 1.61. The van der Waals surface area contributed by atoms with Gasteiger partial charge in [0.1, 0.15) is 5.75 Å². The van der Waals surface area contributed by atoms with E-state index in [0.29, 0.717) is 50.6 Å². The summed E-state index contributed by atoms with van der Waals surface area (Å²) in [7, 11) is 0. The molecule has 1 N–H and O–H groups in total. The molecule has 0 bridgehead atoms. The Kier molecular flexibility index (Phi) is 7.41.